The molecule has 0 spiro atoms. The number of benzene rings is 1. The normalized spacial score (nSPS) is 10.2. The van der Waals surface area contributed by atoms with Gasteiger partial charge in [-0.15, -0.1) is 0 Å². The van der Waals surface area contributed by atoms with E-state index in [2.05, 4.69) is 15.6 Å². The maximum absolute atomic E-state index is 11.9. The second-order valence-corrected chi connectivity index (χ2v) is 5.32. The number of carbonyl (C=O) groups excluding carboxylic acids is 2. The lowest BCUT2D eigenvalue weighted by Gasteiger charge is -2.10. The van der Waals surface area contributed by atoms with E-state index in [9.17, 15) is 14.4 Å². The average molecular weight is 334 g/mol. The number of anilines is 1. The Morgan fingerprint density at radius 3 is 2.70 bits per heavy atom. The Bertz CT molecular complexity index is 766. The van der Waals surface area contributed by atoms with Crippen molar-refractivity contribution in [1.29, 1.82) is 0 Å². The molecule has 7 heteroatoms. The number of pyridine rings is 1. The van der Waals surface area contributed by atoms with Gasteiger partial charge in [0.15, 0.2) is 0 Å². The Balaban J connectivity index is 1.83. The maximum atomic E-state index is 11.9. The number of nitrogens with one attached hydrogen (secondary N) is 3. The fraction of sp³-hybridized carbons (Fsp3) is 0.188. The molecule has 23 heavy (non-hydrogen) atoms. The highest BCUT2D eigenvalue weighted by molar-refractivity contribution is 6.31. The van der Waals surface area contributed by atoms with Gasteiger partial charge < -0.3 is 15.6 Å². The van der Waals surface area contributed by atoms with Crippen LogP contribution in [0.15, 0.2) is 41.3 Å². The van der Waals surface area contributed by atoms with Crippen LogP contribution in [0.1, 0.15) is 22.3 Å². The van der Waals surface area contributed by atoms with Crippen LogP contribution < -0.4 is 16.2 Å². The van der Waals surface area contributed by atoms with Crippen LogP contribution in [0.5, 0.6) is 0 Å². The SMILES string of the molecule is Cc1c(Cl)cccc1NC(=O)CCNC(=O)c1ccc(=O)[nH]c1. The predicted octanol–water partition coefficient (Wildman–Crippen LogP) is 2.10. The zero-order valence-corrected chi connectivity index (χ0v) is 13.2. The molecule has 0 aliphatic carbocycles. The zero-order chi connectivity index (χ0) is 16.8. The molecule has 120 valence electrons. The Kier molecular flexibility index (Phi) is 5.54. The monoisotopic (exact) mass is 333 g/mol. The van der Waals surface area contributed by atoms with Gasteiger partial charge in [0.2, 0.25) is 11.5 Å². The lowest BCUT2D eigenvalue weighted by atomic mass is 10.2. The van der Waals surface area contributed by atoms with Crippen molar-refractivity contribution in [2.75, 3.05) is 11.9 Å². The van der Waals surface area contributed by atoms with E-state index in [0.29, 0.717) is 16.3 Å². The molecule has 2 rings (SSSR count). The Morgan fingerprint density at radius 2 is 2.00 bits per heavy atom. The molecule has 0 atom stereocenters. The van der Waals surface area contributed by atoms with Crippen LogP contribution in [0.3, 0.4) is 0 Å². The average Bonchev–Trinajstić information content (AvgIpc) is 2.52. The van der Waals surface area contributed by atoms with Gasteiger partial charge in [0.1, 0.15) is 0 Å². The van der Waals surface area contributed by atoms with Crippen molar-refractivity contribution in [3.8, 4) is 0 Å². The van der Waals surface area contributed by atoms with Crippen molar-refractivity contribution in [2.45, 2.75) is 13.3 Å². The number of aromatic amines is 1. The van der Waals surface area contributed by atoms with Crippen molar-refractivity contribution in [2.24, 2.45) is 0 Å². The fourth-order valence-electron chi connectivity index (χ4n) is 1.90. The van der Waals surface area contributed by atoms with Gasteiger partial charge in [-0.25, -0.2) is 0 Å². The van der Waals surface area contributed by atoms with Gasteiger partial charge in [-0.2, -0.15) is 0 Å². The molecule has 1 heterocycles. The van der Waals surface area contributed by atoms with Crippen LogP contribution in [0.4, 0.5) is 5.69 Å². The summed E-state index contributed by atoms with van der Waals surface area (Å²) in [5.74, 6) is -0.579. The third-order valence-corrected chi connectivity index (χ3v) is 3.64. The molecule has 0 bridgehead atoms. The first-order chi connectivity index (χ1) is 11.0. The molecule has 0 unspecified atom stereocenters. The summed E-state index contributed by atoms with van der Waals surface area (Å²) >= 11 is 5.99. The number of carbonyl (C=O) groups is 2. The van der Waals surface area contributed by atoms with E-state index in [1.54, 1.807) is 18.2 Å². The van der Waals surface area contributed by atoms with Crippen LogP contribution in [-0.4, -0.2) is 23.3 Å². The van der Waals surface area contributed by atoms with Crippen LogP contribution in [0, 0.1) is 6.92 Å². The first-order valence-electron chi connectivity index (χ1n) is 6.99. The highest BCUT2D eigenvalue weighted by Crippen LogP contribution is 2.22. The van der Waals surface area contributed by atoms with Gasteiger partial charge in [0.05, 0.1) is 5.56 Å². The van der Waals surface area contributed by atoms with Gasteiger partial charge in [0.25, 0.3) is 5.91 Å². The van der Waals surface area contributed by atoms with E-state index in [1.807, 2.05) is 6.92 Å². The summed E-state index contributed by atoms with van der Waals surface area (Å²) in [5.41, 5.74) is 1.49. The van der Waals surface area contributed by atoms with Crippen LogP contribution >= 0.6 is 11.6 Å². The summed E-state index contributed by atoms with van der Waals surface area (Å²) < 4.78 is 0. The first-order valence-corrected chi connectivity index (χ1v) is 7.37. The van der Waals surface area contributed by atoms with Crippen LogP contribution in [-0.2, 0) is 4.79 Å². The zero-order valence-electron chi connectivity index (χ0n) is 12.5. The standard InChI is InChI=1S/C16H16ClN3O3/c1-10-12(17)3-2-4-13(10)20-15(22)7-8-18-16(23)11-5-6-14(21)19-9-11/h2-6,9H,7-8H2,1H3,(H,18,23)(H,19,21)(H,20,22). The van der Waals surface area contributed by atoms with Crippen molar-refractivity contribution in [3.05, 3.63) is 63.0 Å². The van der Waals surface area contributed by atoms with E-state index in [0.717, 1.165) is 5.56 Å². The van der Waals surface area contributed by atoms with E-state index in [1.165, 1.54) is 18.3 Å². The van der Waals surface area contributed by atoms with Gasteiger partial charge in [-0.1, -0.05) is 17.7 Å². The lowest BCUT2D eigenvalue weighted by molar-refractivity contribution is -0.116. The van der Waals surface area contributed by atoms with Gasteiger partial charge in [-0.3, -0.25) is 14.4 Å². The highest BCUT2D eigenvalue weighted by Gasteiger charge is 2.09. The van der Waals surface area contributed by atoms with Crippen molar-refractivity contribution in [1.82, 2.24) is 10.3 Å². The summed E-state index contributed by atoms with van der Waals surface area (Å²) in [4.78, 5) is 37.0. The molecular weight excluding hydrogens is 318 g/mol. The number of hydrogen-bond acceptors (Lipinski definition) is 3. The Morgan fingerprint density at radius 1 is 1.22 bits per heavy atom. The predicted molar refractivity (Wildman–Crippen MR) is 88.8 cm³/mol. The second-order valence-electron chi connectivity index (χ2n) is 4.91. The Hall–Kier alpha value is -2.60. The third-order valence-electron chi connectivity index (χ3n) is 3.23. The molecule has 1 aromatic heterocycles. The number of hydrogen-bond donors (Lipinski definition) is 3. The van der Waals surface area contributed by atoms with E-state index >= 15 is 0 Å². The van der Waals surface area contributed by atoms with Crippen molar-refractivity contribution < 1.29 is 9.59 Å². The molecule has 2 amide bonds. The van der Waals surface area contributed by atoms with Gasteiger partial charge in [0, 0.05) is 35.9 Å². The minimum absolute atomic E-state index is 0.126. The molecule has 0 aliphatic heterocycles. The maximum Gasteiger partial charge on any atom is 0.252 e. The number of rotatable bonds is 5. The number of amides is 2. The van der Waals surface area contributed by atoms with Crippen LogP contribution in [0.2, 0.25) is 5.02 Å². The molecule has 0 radical (unpaired) electrons. The number of halogens is 1. The minimum Gasteiger partial charge on any atom is -0.351 e. The topological polar surface area (TPSA) is 91.1 Å². The quantitative estimate of drug-likeness (QED) is 0.782. The highest BCUT2D eigenvalue weighted by atomic mass is 35.5. The largest absolute Gasteiger partial charge is 0.351 e. The summed E-state index contributed by atoms with van der Waals surface area (Å²) in [6, 6.07) is 7.95. The smallest absolute Gasteiger partial charge is 0.252 e. The van der Waals surface area contributed by atoms with Crippen molar-refractivity contribution >= 4 is 29.1 Å². The summed E-state index contributed by atoms with van der Waals surface area (Å²) in [7, 11) is 0. The molecule has 0 fully saturated rings. The second kappa shape index (κ2) is 7.60. The minimum atomic E-state index is -0.354. The molecular formula is C16H16ClN3O3. The van der Waals surface area contributed by atoms with E-state index in [-0.39, 0.29) is 30.3 Å². The number of H-pyrrole nitrogens is 1. The molecule has 0 aliphatic rings. The first kappa shape index (κ1) is 16.8. The van der Waals surface area contributed by atoms with E-state index in [4.69, 9.17) is 11.6 Å². The molecule has 1 aromatic carbocycles. The molecule has 0 saturated heterocycles. The lowest BCUT2D eigenvalue weighted by Crippen LogP contribution is -2.28. The van der Waals surface area contributed by atoms with Gasteiger partial charge >= 0.3 is 0 Å². The molecule has 2 aromatic rings. The van der Waals surface area contributed by atoms with Crippen molar-refractivity contribution in [3.63, 3.8) is 0 Å². The molecule has 3 N–H and O–H groups in total. The molecule has 6 nitrogen and oxygen atoms in total. The fourth-order valence-corrected chi connectivity index (χ4v) is 2.07. The van der Waals surface area contributed by atoms with Crippen LogP contribution in [0.25, 0.3) is 0 Å². The summed E-state index contributed by atoms with van der Waals surface area (Å²) in [6.45, 7) is 2.00. The van der Waals surface area contributed by atoms with Gasteiger partial charge in [-0.05, 0) is 30.7 Å². The Labute approximate surface area is 137 Å². The van der Waals surface area contributed by atoms with E-state index < -0.39 is 0 Å². The number of aromatic nitrogens is 1. The third kappa shape index (κ3) is 4.69. The summed E-state index contributed by atoms with van der Waals surface area (Å²) in [6.07, 6.45) is 1.45. The molecule has 0 saturated carbocycles. The summed E-state index contributed by atoms with van der Waals surface area (Å²) in [5, 5.41) is 5.94.